The standard InChI is InChI=1S/C26H29N3O3/c1-31-22-9-5-8-20-23(22)32-15-12-26(20)18-28-16-21(26)24(30)29-13-10-25(17-27,11-14-29)19-6-3-2-4-7-19/h2-9,21,28H,10-16,18H2,1H3/p+1/t21-,26-/m0/s1. The third-order valence-electron chi connectivity index (χ3n) is 7.87. The molecule has 2 saturated heterocycles. The first kappa shape index (κ1) is 20.8. The number of hydrogen-bond acceptors (Lipinski definition) is 4. The third kappa shape index (κ3) is 3.15. The summed E-state index contributed by atoms with van der Waals surface area (Å²) < 4.78 is 11.5. The number of hydrogen-bond donors (Lipinski definition) is 1. The first-order valence-corrected chi connectivity index (χ1v) is 11.5. The summed E-state index contributed by atoms with van der Waals surface area (Å²) in [5.74, 6) is 1.65. The van der Waals surface area contributed by atoms with Crippen LogP contribution >= 0.6 is 0 Å². The Balaban J connectivity index is 1.39. The summed E-state index contributed by atoms with van der Waals surface area (Å²) >= 11 is 0. The lowest BCUT2D eigenvalue weighted by molar-refractivity contribution is -0.640. The normalized spacial score (nSPS) is 26.1. The molecular formula is C26H30N3O3+. The maximum absolute atomic E-state index is 13.8. The van der Waals surface area contributed by atoms with Gasteiger partial charge in [0.05, 0.1) is 43.7 Å². The first-order valence-electron chi connectivity index (χ1n) is 11.5. The number of carbonyl (C=O) groups is 1. The number of nitriles is 1. The Kier molecular flexibility index (Phi) is 5.30. The molecule has 6 nitrogen and oxygen atoms in total. The van der Waals surface area contributed by atoms with Crippen molar-refractivity contribution in [1.82, 2.24) is 4.90 Å². The second-order valence-corrected chi connectivity index (χ2v) is 9.26. The van der Waals surface area contributed by atoms with Crippen LogP contribution in [-0.2, 0) is 15.6 Å². The van der Waals surface area contributed by atoms with Gasteiger partial charge in [0.25, 0.3) is 0 Å². The molecule has 2 aromatic carbocycles. The number of piperidine rings is 1. The molecule has 32 heavy (non-hydrogen) atoms. The Labute approximate surface area is 189 Å². The van der Waals surface area contributed by atoms with Crippen LogP contribution < -0.4 is 14.8 Å². The van der Waals surface area contributed by atoms with Gasteiger partial charge in [-0.05, 0) is 30.9 Å². The van der Waals surface area contributed by atoms with E-state index >= 15 is 0 Å². The summed E-state index contributed by atoms with van der Waals surface area (Å²) in [6.45, 7) is 3.50. The third-order valence-corrected chi connectivity index (χ3v) is 7.87. The van der Waals surface area contributed by atoms with E-state index < -0.39 is 5.41 Å². The van der Waals surface area contributed by atoms with Crippen molar-refractivity contribution in [3.05, 3.63) is 59.7 Å². The number of para-hydroxylation sites is 1. The number of fused-ring (bicyclic) bond motifs is 2. The largest absolute Gasteiger partial charge is 0.493 e. The van der Waals surface area contributed by atoms with Crippen LogP contribution in [0.25, 0.3) is 0 Å². The second kappa shape index (κ2) is 8.14. The van der Waals surface area contributed by atoms with Gasteiger partial charge in [-0.15, -0.1) is 0 Å². The maximum Gasteiger partial charge on any atom is 0.232 e. The van der Waals surface area contributed by atoms with Crippen LogP contribution in [0.15, 0.2) is 48.5 Å². The molecule has 0 saturated carbocycles. The summed E-state index contributed by atoms with van der Waals surface area (Å²) in [6.07, 6.45) is 2.19. The van der Waals surface area contributed by atoms with Gasteiger partial charge in [-0.3, -0.25) is 4.79 Å². The molecule has 3 aliphatic heterocycles. The van der Waals surface area contributed by atoms with Gasteiger partial charge in [0.1, 0.15) is 5.92 Å². The Morgan fingerprint density at radius 3 is 2.66 bits per heavy atom. The molecule has 2 atom stereocenters. The number of nitrogens with zero attached hydrogens (tertiary/aromatic N) is 2. The molecule has 0 unspecified atom stereocenters. The van der Waals surface area contributed by atoms with Crippen molar-refractivity contribution in [2.75, 3.05) is 39.9 Å². The average Bonchev–Trinajstić information content (AvgIpc) is 3.28. The molecule has 0 bridgehead atoms. The lowest BCUT2D eigenvalue weighted by atomic mass is 9.68. The number of nitrogens with two attached hydrogens (primary N) is 1. The van der Waals surface area contributed by atoms with E-state index in [-0.39, 0.29) is 17.2 Å². The van der Waals surface area contributed by atoms with E-state index in [0.29, 0.717) is 32.5 Å². The fourth-order valence-corrected chi connectivity index (χ4v) is 6.03. The molecule has 6 heteroatoms. The summed E-state index contributed by atoms with van der Waals surface area (Å²) in [5.41, 5.74) is 1.42. The number of likely N-dealkylation sites (tertiary alicyclic amines) is 1. The van der Waals surface area contributed by atoms with Gasteiger partial charge < -0.3 is 19.7 Å². The molecule has 0 radical (unpaired) electrons. The highest BCUT2D eigenvalue weighted by atomic mass is 16.5. The van der Waals surface area contributed by atoms with Crippen LogP contribution in [0.5, 0.6) is 11.5 Å². The van der Waals surface area contributed by atoms with Gasteiger partial charge in [-0.1, -0.05) is 42.5 Å². The number of amides is 1. The molecule has 2 N–H and O–H groups in total. The predicted octanol–water partition coefficient (Wildman–Crippen LogP) is 1.99. The van der Waals surface area contributed by atoms with Crippen molar-refractivity contribution in [3.63, 3.8) is 0 Å². The highest BCUT2D eigenvalue weighted by molar-refractivity contribution is 5.82. The number of quaternary nitrogens is 1. The van der Waals surface area contributed by atoms with Gasteiger partial charge in [0.2, 0.25) is 5.91 Å². The number of ether oxygens (including phenoxy) is 2. The van der Waals surface area contributed by atoms with E-state index in [4.69, 9.17) is 9.47 Å². The molecule has 3 aliphatic rings. The quantitative estimate of drug-likeness (QED) is 0.805. The zero-order valence-corrected chi connectivity index (χ0v) is 18.5. The van der Waals surface area contributed by atoms with E-state index in [1.54, 1.807) is 7.11 Å². The first-order chi connectivity index (χ1) is 15.6. The summed E-state index contributed by atoms with van der Waals surface area (Å²) in [5, 5.41) is 12.3. The van der Waals surface area contributed by atoms with Crippen LogP contribution in [-0.4, -0.2) is 50.7 Å². The van der Waals surface area contributed by atoms with Crippen molar-refractivity contribution in [1.29, 1.82) is 5.26 Å². The molecule has 2 fully saturated rings. The van der Waals surface area contributed by atoms with Gasteiger partial charge in [-0.25, -0.2) is 0 Å². The lowest BCUT2D eigenvalue weighted by Crippen LogP contribution is -2.82. The Morgan fingerprint density at radius 2 is 1.94 bits per heavy atom. The minimum atomic E-state index is -0.504. The zero-order chi connectivity index (χ0) is 22.2. The van der Waals surface area contributed by atoms with E-state index in [1.165, 1.54) is 0 Å². The Bertz CT molecular complexity index is 1040. The molecule has 0 aliphatic carbocycles. The Morgan fingerprint density at radius 1 is 1.16 bits per heavy atom. The SMILES string of the molecule is COc1cccc2c1OCC[C@]21C[NH2+]C[C@H]1C(=O)N1CCC(C#N)(c2ccccc2)CC1. The molecule has 166 valence electrons. The van der Waals surface area contributed by atoms with E-state index in [0.717, 1.165) is 42.1 Å². The van der Waals surface area contributed by atoms with Crippen LogP contribution in [0, 0.1) is 17.2 Å². The van der Waals surface area contributed by atoms with E-state index in [9.17, 15) is 10.1 Å². The average molecular weight is 433 g/mol. The minimum Gasteiger partial charge on any atom is -0.493 e. The lowest BCUT2D eigenvalue weighted by Gasteiger charge is -2.42. The molecule has 1 spiro atoms. The summed E-state index contributed by atoms with van der Waals surface area (Å²) in [4.78, 5) is 15.8. The smallest absolute Gasteiger partial charge is 0.232 e. The highest BCUT2D eigenvalue weighted by Crippen LogP contribution is 2.48. The fourth-order valence-electron chi connectivity index (χ4n) is 6.03. The number of carbonyl (C=O) groups excluding carboxylic acids is 1. The molecule has 2 aromatic rings. The van der Waals surface area contributed by atoms with Crippen LogP contribution in [0.4, 0.5) is 0 Å². The van der Waals surface area contributed by atoms with Gasteiger partial charge in [0, 0.05) is 18.7 Å². The fraction of sp³-hybridized carbons (Fsp3) is 0.462. The van der Waals surface area contributed by atoms with Gasteiger partial charge in [0.15, 0.2) is 11.5 Å². The van der Waals surface area contributed by atoms with Crippen molar-refractivity contribution >= 4 is 5.91 Å². The van der Waals surface area contributed by atoms with Gasteiger partial charge >= 0.3 is 0 Å². The second-order valence-electron chi connectivity index (χ2n) is 9.26. The molecule has 5 rings (SSSR count). The predicted molar refractivity (Wildman–Crippen MR) is 119 cm³/mol. The van der Waals surface area contributed by atoms with Crippen LogP contribution in [0.3, 0.4) is 0 Å². The number of rotatable bonds is 3. The van der Waals surface area contributed by atoms with Crippen molar-refractivity contribution in [2.24, 2.45) is 5.92 Å². The number of benzene rings is 2. The van der Waals surface area contributed by atoms with Gasteiger partial charge in [-0.2, -0.15) is 5.26 Å². The Hall–Kier alpha value is -3.04. The molecular weight excluding hydrogens is 402 g/mol. The topological polar surface area (TPSA) is 79.2 Å². The number of methoxy groups -OCH3 is 1. The van der Waals surface area contributed by atoms with Crippen molar-refractivity contribution in [3.8, 4) is 17.6 Å². The van der Waals surface area contributed by atoms with E-state index in [1.807, 2.05) is 47.4 Å². The van der Waals surface area contributed by atoms with Crippen LogP contribution in [0.1, 0.15) is 30.4 Å². The minimum absolute atomic E-state index is 0.0939. The van der Waals surface area contributed by atoms with Crippen LogP contribution in [0.2, 0.25) is 0 Å². The summed E-state index contributed by atoms with van der Waals surface area (Å²) in [7, 11) is 1.66. The molecule has 3 heterocycles. The molecule has 1 amide bonds. The van der Waals surface area contributed by atoms with E-state index in [2.05, 4.69) is 17.5 Å². The van der Waals surface area contributed by atoms with Crippen molar-refractivity contribution < 1.29 is 19.6 Å². The monoisotopic (exact) mass is 432 g/mol. The van der Waals surface area contributed by atoms with Crippen molar-refractivity contribution in [2.45, 2.75) is 30.1 Å². The highest BCUT2D eigenvalue weighted by Gasteiger charge is 2.55. The summed E-state index contributed by atoms with van der Waals surface area (Å²) in [6, 6.07) is 18.6. The maximum atomic E-state index is 13.8. The molecule has 0 aromatic heterocycles. The zero-order valence-electron chi connectivity index (χ0n) is 18.5.